The molecule has 0 spiro atoms. The van der Waals surface area contributed by atoms with Gasteiger partial charge < -0.3 is 19.5 Å². The standard InChI is InChI=1S/C22H24N4O3/c1-16-14-26(15-19(28-16)18-10-6-3-7-11-18)22(27)23-13-21-24-20(25-29-21)12-17-8-4-2-5-9-17/h2-11,16,19H,12-15H2,1H3,(H,23,27)/t16-,19+/m1/s1. The minimum atomic E-state index is -0.163. The molecule has 7 nitrogen and oxygen atoms in total. The lowest BCUT2D eigenvalue weighted by molar-refractivity contribution is -0.0657. The van der Waals surface area contributed by atoms with Crippen LogP contribution in [0.1, 0.15) is 35.9 Å². The molecule has 150 valence electrons. The first kappa shape index (κ1) is 19.1. The summed E-state index contributed by atoms with van der Waals surface area (Å²) in [5, 5.41) is 6.87. The molecule has 1 aliphatic heterocycles. The maximum atomic E-state index is 12.7. The molecule has 3 aromatic rings. The van der Waals surface area contributed by atoms with Crippen LogP contribution < -0.4 is 5.32 Å². The van der Waals surface area contributed by atoms with Gasteiger partial charge in [0.2, 0.25) is 5.89 Å². The van der Waals surface area contributed by atoms with Gasteiger partial charge in [0, 0.05) is 13.0 Å². The Morgan fingerprint density at radius 2 is 1.83 bits per heavy atom. The summed E-state index contributed by atoms with van der Waals surface area (Å²) in [7, 11) is 0. The van der Waals surface area contributed by atoms with Gasteiger partial charge in [0.15, 0.2) is 5.82 Å². The number of morpholine rings is 1. The van der Waals surface area contributed by atoms with Crippen molar-refractivity contribution >= 4 is 6.03 Å². The smallest absolute Gasteiger partial charge is 0.318 e. The number of nitrogens with one attached hydrogen (secondary N) is 1. The van der Waals surface area contributed by atoms with Crippen LogP contribution in [0.4, 0.5) is 4.79 Å². The minimum Gasteiger partial charge on any atom is -0.367 e. The number of ether oxygens (including phenoxy) is 1. The molecule has 29 heavy (non-hydrogen) atoms. The maximum Gasteiger partial charge on any atom is 0.318 e. The summed E-state index contributed by atoms with van der Waals surface area (Å²) in [6.45, 7) is 3.22. The number of rotatable bonds is 5. The van der Waals surface area contributed by atoms with Crippen LogP contribution in [0.25, 0.3) is 0 Å². The van der Waals surface area contributed by atoms with Crippen LogP contribution in [0.15, 0.2) is 65.2 Å². The Labute approximate surface area is 169 Å². The van der Waals surface area contributed by atoms with E-state index in [0.29, 0.717) is 31.2 Å². The van der Waals surface area contributed by atoms with Gasteiger partial charge in [-0.3, -0.25) is 0 Å². The van der Waals surface area contributed by atoms with Crippen molar-refractivity contribution in [1.29, 1.82) is 0 Å². The molecule has 1 aliphatic rings. The third-order valence-electron chi connectivity index (χ3n) is 4.82. The van der Waals surface area contributed by atoms with Crippen LogP contribution in [-0.4, -0.2) is 40.3 Å². The van der Waals surface area contributed by atoms with Gasteiger partial charge in [-0.2, -0.15) is 4.98 Å². The van der Waals surface area contributed by atoms with E-state index in [4.69, 9.17) is 9.26 Å². The lowest BCUT2D eigenvalue weighted by Crippen LogP contribution is -2.49. The Kier molecular flexibility index (Phi) is 5.86. The van der Waals surface area contributed by atoms with Crippen molar-refractivity contribution in [2.75, 3.05) is 13.1 Å². The number of carbonyl (C=O) groups excluding carboxylic acids is 1. The summed E-state index contributed by atoms with van der Waals surface area (Å²) in [4.78, 5) is 18.8. The maximum absolute atomic E-state index is 12.7. The summed E-state index contributed by atoms with van der Waals surface area (Å²) in [6, 6.07) is 19.7. The zero-order chi connectivity index (χ0) is 20.1. The van der Waals surface area contributed by atoms with E-state index in [1.54, 1.807) is 4.90 Å². The number of urea groups is 1. The highest BCUT2D eigenvalue weighted by atomic mass is 16.5. The molecule has 1 fully saturated rings. The number of aromatic nitrogens is 2. The lowest BCUT2D eigenvalue weighted by Gasteiger charge is -2.36. The zero-order valence-electron chi connectivity index (χ0n) is 16.3. The van der Waals surface area contributed by atoms with Crippen molar-refractivity contribution < 1.29 is 14.1 Å². The molecule has 0 radical (unpaired) electrons. The van der Waals surface area contributed by atoms with Crippen LogP contribution in [0.2, 0.25) is 0 Å². The molecule has 1 N–H and O–H groups in total. The Balaban J connectivity index is 1.32. The average Bonchev–Trinajstić information content (AvgIpc) is 3.20. The number of nitrogens with zero attached hydrogens (tertiary/aromatic N) is 3. The summed E-state index contributed by atoms with van der Waals surface area (Å²) < 4.78 is 11.3. The molecule has 0 unspecified atom stereocenters. The normalized spacial score (nSPS) is 19.1. The first-order chi connectivity index (χ1) is 14.2. The third kappa shape index (κ3) is 5.00. The van der Waals surface area contributed by atoms with Crippen molar-refractivity contribution in [2.45, 2.75) is 32.1 Å². The molecule has 0 bridgehead atoms. The van der Waals surface area contributed by atoms with Gasteiger partial charge in [-0.15, -0.1) is 0 Å². The molecule has 0 aliphatic carbocycles. The monoisotopic (exact) mass is 392 g/mol. The quantitative estimate of drug-likeness (QED) is 0.720. The Morgan fingerprint density at radius 1 is 1.10 bits per heavy atom. The van der Waals surface area contributed by atoms with Crippen molar-refractivity contribution in [3.63, 3.8) is 0 Å². The summed E-state index contributed by atoms with van der Waals surface area (Å²) in [6.07, 6.45) is 0.421. The fourth-order valence-corrected chi connectivity index (χ4v) is 3.44. The minimum absolute atomic E-state index is 0.0411. The van der Waals surface area contributed by atoms with Crippen molar-refractivity contribution in [3.05, 3.63) is 83.5 Å². The van der Waals surface area contributed by atoms with Gasteiger partial charge in [0.1, 0.15) is 6.10 Å². The van der Waals surface area contributed by atoms with Crippen LogP contribution in [0.5, 0.6) is 0 Å². The van der Waals surface area contributed by atoms with E-state index in [0.717, 1.165) is 11.1 Å². The van der Waals surface area contributed by atoms with E-state index >= 15 is 0 Å². The molecule has 2 heterocycles. The van der Waals surface area contributed by atoms with Crippen molar-refractivity contribution in [2.24, 2.45) is 0 Å². The molecule has 1 aromatic heterocycles. The summed E-state index contributed by atoms with van der Waals surface area (Å²) in [5.41, 5.74) is 2.18. The predicted molar refractivity (Wildman–Crippen MR) is 107 cm³/mol. The first-order valence-corrected chi connectivity index (χ1v) is 9.76. The molecular formula is C22H24N4O3. The van der Waals surface area contributed by atoms with Crippen LogP contribution in [-0.2, 0) is 17.7 Å². The second-order valence-electron chi connectivity index (χ2n) is 7.18. The Bertz CT molecular complexity index is 930. The Hall–Kier alpha value is -3.19. The van der Waals surface area contributed by atoms with E-state index < -0.39 is 0 Å². The second-order valence-corrected chi connectivity index (χ2v) is 7.18. The number of hydrogen-bond acceptors (Lipinski definition) is 5. The van der Waals surface area contributed by atoms with E-state index in [9.17, 15) is 4.79 Å². The summed E-state index contributed by atoms with van der Waals surface area (Å²) in [5.74, 6) is 0.995. The van der Waals surface area contributed by atoms with Gasteiger partial charge in [-0.25, -0.2) is 4.79 Å². The fourth-order valence-electron chi connectivity index (χ4n) is 3.44. The first-order valence-electron chi connectivity index (χ1n) is 9.76. The zero-order valence-corrected chi connectivity index (χ0v) is 16.3. The van der Waals surface area contributed by atoms with E-state index in [-0.39, 0.29) is 24.8 Å². The molecule has 1 saturated heterocycles. The van der Waals surface area contributed by atoms with E-state index in [2.05, 4.69) is 15.5 Å². The molecular weight excluding hydrogens is 368 g/mol. The number of hydrogen-bond donors (Lipinski definition) is 1. The van der Waals surface area contributed by atoms with Crippen molar-refractivity contribution in [3.8, 4) is 0 Å². The molecule has 0 saturated carbocycles. The highest BCUT2D eigenvalue weighted by Gasteiger charge is 2.29. The van der Waals surface area contributed by atoms with Gasteiger partial charge in [0.25, 0.3) is 0 Å². The number of benzene rings is 2. The molecule has 2 amide bonds. The average molecular weight is 392 g/mol. The van der Waals surface area contributed by atoms with Crippen molar-refractivity contribution in [1.82, 2.24) is 20.4 Å². The molecule has 2 atom stereocenters. The molecule has 2 aromatic carbocycles. The van der Waals surface area contributed by atoms with Gasteiger partial charge in [-0.1, -0.05) is 65.8 Å². The highest BCUT2D eigenvalue weighted by Crippen LogP contribution is 2.25. The fraction of sp³-hybridized carbons (Fsp3) is 0.318. The van der Waals surface area contributed by atoms with Gasteiger partial charge in [0.05, 0.1) is 19.2 Å². The van der Waals surface area contributed by atoms with Crippen LogP contribution in [0.3, 0.4) is 0 Å². The second kappa shape index (κ2) is 8.87. The van der Waals surface area contributed by atoms with Gasteiger partial charge in [-0.05, 0) is 18.1 Å². The number of amides is 2. The molecule has 4 rings (SSSR count). The lowest BCUT2D eigenvalue weighted by atomic mass is 10.1. The topological polar surface area (TPSA) is 80.5 Å². The van der Waals surface area contributed by atoms with Crippen LogP contribution >= 0.6 is 0 Å². The highest BCUT2D eigenvalue weighted by molar-refractivity contribution is 5.74. The predicted octanol–water partition coefficient (Wildman–Crippen LogP) is 3.33. The summed E-state index contributed by atoms with van der Waals surface area (Å²) >= 11 is 0. The molecule has 7 heteroatoms. The van der Waals surface area contributed by atoms with Gasteiger partial charge >= 0.3 is 6.03 Å². The Morgan fingerprint density at radius 3 is 2.59 bits per heavy atom. The van der Waals surface area contributed by atoms with E-state index in [1.165, 1.54) is 0 Å². The number of carbonyl (C=O) groups is 1. The SMILES string of the molecule is C[C@@H]1CN(C(=O)NCc2nc(Cc3ccccc3)no2)C[C@@H](c2ccccc2)O1. The third-order valence-corrected chi connectivity index (χ3v) is 4.82. The largest absolute Gasteiger partial charge is 0.367 e. The van der Waals surface area contributed by atoms with E-state index in [1.807, 2.05) is 67.6 Å². The van der Waals surface area contributed by atoms with Crippen LogP contribution in [0, 0.1) is 0 Å².